The Morgan fingerprint density at radius 1 is 1.29 bits per heavy atom. The van der Waals surface area contributed by atoms with Gasteiger partial charge in [0.25, 0.3) is 0 Å². The van der Waals surface area contributed by atoms with Crippen LogP contribution in [0.2, 0.25) is 0 Å². The highest BCUT2D eigenvalue weighted by Gasteiger charge is 2.39. The number of carbonyl (C=O) groups is 2. The topological polar surface area (TPSA) is 110 Å². The third-order valence-corrected chi connectivity index (χ3v) is 5.64. The van der Waals surface area contributed by atoms with Gasteiger partial charge in [0.1, 0.15) is 11.8 Å². The van der Waals surface area contributed by atoms with E-state index in [2.05, 4.69) is 4.74 Å². The molecule has 0 bridgehead atoms. The van der Waals surface area contributed by atoms with Gasteiger partial charge in [-0.2, -0.15) is 4.31 Å². The molecule has 0 saturated carbocycles. The van der Waals surface area contributed by atoms with Crippen molar-refractivity contribution in [3.63, 3.8) is 0 Å². The number of methoxy groups -OCH3 is 1. The molecule has 1 aromatic rings. The largest absolute Gasteiger partial charge is 0.493 e. The molecule has 0 spiro atoms. The fourth-order valence-electron chi connectivity index (χ4n) is 2.47. The number of carboxylic acids is 1. The standard InChI is InChI=1S/C15H19NO7S/c1-22-14(17)8-10-23-11-4-6-12(7-5-11)24(20,21)16-9-2-3-13(16)15(18)19/h4-7,13H,2-3,8-10H2,1H3,(H,18,19)/t13-/m1/s1. The van der Waals surface area contributed by atoms with E-state index >= 15 is 0 Å². The molecule has 0 aliphatic carbocycles. The van der Waals surface area contributed by atoms with Crippen LogP contribution in [0.25, 0.3) is 0 Å². The molecule has 1 aliphatic rings. The van der Waals surface area contributed by atoms with Crippen LogP contribution in [0, 0.1) is 0 Å². The SMILES string of the molecule is COC(=O)CCOc1ccc(S(=O)(=O)N2CCC[C@@H]2C(=O)O)cc1. The van der Waals surface area contributed by atoms with Gasteiger partial charge in [-0.3, -0.25) is 9.59 Å². The molecule has 0 amide bonds. The van der Waals surface area contributed by atoms with E-state index in [0.717, 1.165) is 4.31 Å². The van der Waals surface area contributed by atoms with Crippen molar-refractivity contribution in [1.82, 2.24) is 4.31 Å². The lowest BCUT2D eigenvalue weighted by atomic mass is 10.2. The molecule has 1 saturated heterocycles. The third-order valence-electron chi connectivity index (χ3n) is 3.72. The summed E-state index contributed by atoms with van der Waals surface area (Å²) in [6, 6.07) is 4.64. The van der Waals surface area contributed by atoms with Crippen LogP contribution in [-0.4, -0.2) is 56.1 Å². The predicted octanol–water partition coefficient (Wildman–Crippen LogP) is 0.866. The van der Waals surface area contributed by atoms with Crippen molar-refractivity contribution in [3.8, 4) is 5.75 Å². The average Bonchev–Trinajstić information content (AvgIpc) is 3.06. The first kappa shape index (κ1) is 18.2. The molecular formula is C15H19NO7S. The van der Waals surface area contributed by atoms with E-state index in [1.54, 1.807) is 0 Å². The quantitative estimate of drug-likeness (QED) is 0.721. The lowest BCUT2D eigenvalue weighted by Gasteiger charge is -2.21. The maximum atomic E-state index is 12.6. The molecular weight excluding hydrogens is 338 g/mol. The molecule has 1 aliphatic heterocycles. The summed E-state index contributed by atoms with van der Waals surface area (Å²) in [5, 5.41) is 9.14. The number of esters is 1. The summed E-state index contributed by atoms with van der Waals surface area (Å²) in [7, 11) is -2.58. The minimum absolute atomic E-state index is 0.0102. The van der Waals surface area contributed by atoms with Crippen LogP contribution in [0.4, 0.5) is 0 Å². The summed E-state index contributed by atoms with van der Waals surface area (Å²) < 4.78 is 36.0. The Morgan fingerprint density at radius 3 is 2.54 bits per heavy atom. The van der Waals surface area contributed by atoms with Gasteiger partial charge in [-0.15, -0.1) is 0 Å². The lowest BCUT2D eigenvalue weighted by Crippen LogP contribution is -2.40. The van der Waals surface area contributed by atoms with Gasteiger partial charge in [0.15, 0.2) is 0 Å². The first-order valence-corrected chi connectivity index (χ1v) is 8.84. The Balaban J connectivity index is 2.06. The van der Waals surface area contributed by atoms with Gasteiger partial charge >= 0.3 is 11.9 Å². The number of hydrogen-bond acceptors (Lipinski definition) is 6. The Hall–Kier alpha value is -2.13. The van der Waals surface area contributed by atoms with Crippen molar-refractivity contribution in [2.75, 3.05) is 20.3 Å². The van der Waals surface area contributed by atoms with E-state index in [9.17, 15) is 18.0 Å². The van der Waals surface area contributed by atoms with E-state index in [0.29, 0.717) is 18.6 Å². The summed E-state index contributed by atoms with van der Waals surface area (Å²) in [5.74, 6) is -1.13. The second kappa shape index (κ2) is 7.63. The van der Waals surface area contributed by atoms with Gasteiger partial charge in [0.05, 0.1) is 25.0 Å². The number of aliphatic carboxylic acids is 1. The van der Waals surface area contributed by atoms with Crippen molar-refractivity contribution in [2.24, 2.45) is 0 Å². The first-order chi connectivity index (χ1) is 11.4. The molecule has 132 valence electrons. The number of benzene rings is 1. The second-order valence-electron chi connectivity index (χ2n) is 5.26. The highest BCUT2D eigenvalue weighted by molar-refractivity contribution is 7.89. The number of hydrogen-bond donors (Lipinski definition) is 1. The van der Waals surface area contributed by atoms with Crippen molar-refractivity contribution < 1.29 is 32.6 Å². The Kier molecular flexibility index (Phi) is 5.79. The number of ether oxygens (including phenoxy) is 2. The fourth-order valence-corrected chi connectivity index (χ4v) is 4.12. The Morgan fingerprint density at radius 2 is 1.96 bits per heavy atom. The zero-order chi connectivity index (χ0) is 17.7. The Labute approximate surface area is 140 Å². The van der Waals surface area contributed by atoms with Gasteiger partial charge in [-0.05, 0) is 37.1 Å². The summed E-state index contributed by atoms with van der Waals surface area (Å²) in [4.78, 5) is 22.2. The molecule has 2 rings (SSSR count). The third kappa shape index (κ3) is 4.04. The minimum Gasteiger partial charge on any atom is -0.493 e. The average molecular weight is 357 g/mol. The molecule has 0 aromatic heterocycles. The summed E-state index contributed by atoms with van der Waals surface area (Å²) in [5.41, 5.74) is 0. The number of sulfonamides is 1. The van der Waals surface area contributed by atoms with E-state index in [1.165, 1.54) is 31.4 Å². The minimum atomic E-state index is -3.86. The molecule has 1 heterocycles. The molecule has 24 heavy (non-hydrogen) atoms. The molecule has 0 unspecified atom stereocenters. The molecule has 1 aromatic carbocycles. The zero-order valence-electron chi connectivity index (χ0n) is 13.2. The second-order valence-corrected chi connectivity index (χ2v) is 7.15. The zero-order valence-corrected chi connectivity index (χ0v) is 14.0. The van der Waals surface area contributed by atoms with E-state index in [-0.39, 0.29) is 24.5 Å². The monoisotopic (exact) mass is 357 g/mol. The van der Waals surface area contributed by atoms with Gasteiger partial charge in [-0.25, -0.2) is 8.42 Å². The highest BCUT2D eigenvalue weighted by Crippen LogP contribution is 2.27. The fraction of sp³-hybridized carbons (Fsp3) is 0.467. The van der Waals surface area contributed by atoms with E-state index in [1.807, 2.05) is 0 Å². The van der Waals surface area contributed by atoms with Crippen LogP contribution in [0.5, 0.6) is 5.75 Å². The van der Waals surface area contributed by atoms with Crippen LogP contribution in [-0.2, 0) is 24.3 Å². The molecule has 8 nitrogen and oxygen atoms in total. The maximum Gasteiger partial charge on any atom is 0.322 e. The van der Waals surface area contributed by atoms with Crippen LogP contribution < -0.4 is 4.74 Å². The molecule has 1 atom stereocenters. The van der Waals surface area contributed by atoms with Gasteiger partial charge in [0, 0.05) is 6.54 Å². The van der Waals surface area contributed by atoms with E-state index in [4.69, 9.17) is 9.84 Å². The van der Waals surface area contributed by atoms with Crippen LogP contribution in [0.1, 0.15) is 19.3 Å². The van der Waals surface area contributed by atoms with Crippen molar-refractivity contribution >= 4 is 22.0 Å². The van der Waals surface area contributed by atoms with Crippen molar-refractivity contribution in [3.05, 3.63) is 24.3 Å². The van der Waals surface area contributed by atoms with E-state index < -0.39 is 28.0 Å². The van der Waals surface area contributed by atoms with Gasteiger partial charge < -0.3 is 14.6 Å². The van der Waals surface area contributed by atoms with Crippen molar-refractivity contribution in [1.29, 1.82) is 0 Å². The normalized spacial score (nSPS) is 18.3. The van der Waals surface area contributed by atoms with Gasteiger partial charge in [-0.1, -0.05) is 0 Å². The smallest absolute Gasteiger partial charge is 0.322 e. The highest BCUT2D eigenvalue weighted by atomic mass is 32.2. The van der Waals surface area contributed by atoms with Crippen LogP contribution in [0.15, 0.2) is 29.2 Å². The summed E-state index contributed by atoms with van der Waals surface area (Å²) in [6.45, 7) is 0.308. The predicted molar refractivity (Wildman–Crippen MR) is 83.1 cm³/mol. The maximum absolute atomic E-state index is 12.6. The van der Waals surface area contributed by atoms with Crippen LogP contribution in [0.3, 0.4) is 0 Å². The summed E-state index contributed by atoms with van der Waals surface area (Å²) in [6.07, 6.45) is 0.916. The number of rotatable bonds is 7. The number of carboxylic acid groups (broad SMARTS) is 1. The van der Waals surface area contributed by atoms with Crippen LogP contribution >= 0.6 is 0 Å². The number of nitrogens with zero attached hydrogens (tertiary/aromatic N) is 1. The van der Waals surface area contributed by atoms with Crippen molar-refractivity contribution in [2.45, 2.75) is 30.2 Å². The molecule has 1 fully saturated rings. The summed E-state index contributed by atoms with van der Waals surface area (Å²) >= 11 is 0. The molecule has 0 radical (unpaired) electrons. The van der Waals surface area contributed by atoms with Gasteiger partial charge in [0.2, 0.25) is 10.0 Å². The molecule has 9 heteroatoms. The lowest BCUT2D eigenvalue weighted by molar-refractivity contribution is -0.141. The number of carbonyl (C=O) groups excluding carboxylic acids is 1. The Bertz CT molecular complexity index is 699. The molecule has 1 N–H and O–H groups in total. The first-order valence-electron chi connectivity index (χ1n) is 7.40.